The van der Waals surface area contributed by atoms with Crippen LogP contribution in [0.2, 0.25) is 0 Å². The minimum Gasteiger partial charge on any atom is -0.468 e. The van der Waals surface area contributed by atoms with E-state index < -0.39 is 12.0 Å². The number of rotatable bonds is 4. The van der Waals surface area contributed by atoms with E-state index in [1.54, 1.807) is 6.07 Å². The Labute approximate surface area is 102 Å². The fourth-order valence-corrected chi connectivity index (χ4v) is 1.85. The summed E-state index contributed by atoms with van der Waals surface area (Å²) >= 11 is 3.28. The lowest BCUT2D eigenvalue weighted by Gasteiger charge is -2.17. The molecule has 16 heavy (non-hydrogen) atoms. The van der Waals surface area contributed by atoms with Gasteiger partial charge in [-0.05, 0) is 30.3 Å². The number of carbonyl (C=O) groups is 1. The maximum absolute atomic E-state index is 13.1. The van der Waals surface area contributed by atoms with Crippen LogP contribution in [0.3, 0.4) is 0 Å². The van der Waals surface area contributed by atoms with Crippen LogP contribution in [0.15, 0.2) is 22.7 Å². The molecule has 0 radical (unpaired) electrons. The maximum atomic E-state index is 13.1. The summed E-state index contributed by atoms with van der Waals surface area (Å²) in [7, 11) is 1.31. The molecule has 1 N–H and O–H groups in total. The highest BCUT2D eigenvalue weighted by Gasteiger charge is 2.22. The van der Waals surface area contributed by atoms with Crippen molar-refractivity contribution in [1.29, 1.82) is 0 Å². The number of nitrogens with one attached hydrogen (secondary N) is 1. The zero-order chi connectivity index (χ0) is 12.1. The predicted octanol–water partition coefficient (Wildman–Crippen LogP) is 2.41. The van der Waals surface area contributed by atoms with Crippen molar-refractivity contribution in [3.63, 3.8) is 0 Å². The monoisotopic (exact) mass is 289 g/mol. The molecule has 0 amide bonds. The number of benzene rings is 1. The highest BCUT2D eigenvalue weighted by molar-refractivity contribution is 9.10. The highest BCUT2D eigenvalue weighted by Crippen LogP contribution is 2.25. The first-order valence-corrected chi connectivity index (χ1v) is 5.65. The second-order valence-corrected chi connectivity index (χ2v) is 4.03. The van der Waals surface area contributed by atoms with E-state index >= 15 is 0 Å². The summed E-state index contributed by atoms with van der Waals surface area (Å²) in [4.78, 5) is 11.5. The standard InChI is InChI=1S/C11H13BrFNO2/c1-3-14-10(11(15)16-2)8-6-7(13)4-5-9(8)12/h4-6,10,14H,3H2,1-2H3. The number of carbonyl (C=O) groups excluding carboxylic acids is 1. The van der Waals surface area contributed by atoms with Crippen LogP contribution < -0.4 is 5.32 Å². The Kier molecular flexibility index (Phi) is 4.89. The normalized spacial score (nSPS) is 12.2. The van der Waals surface area contributed by atoms with E-state index in [9.17, 15) is 9.18 Å². The molecule has 0 saturated heterocycles. The van der Waals surface area contributed by atoms with E-state index in [-0.39, 0.29) is 5.82 Å². The van der Waals surface area contributed by atoms with E-state index in [1.807, 2.05) is 6.92 Å². The first-order valence-electron chi connectivity index (χ1n) is 4.86. The topological polar surface area (TPSA) is 38.3 Å². The van der Waals surface area contributed by atoms with Gasteiger partial charge >= 0.3 is 5.97 Å². The molecule has 0 fully saturated rings. The quantitative estimate of drug-likeness (QED) is 0.865. The van der Waals surface area contributed by atoms with Crippen LogP contribution in [0.25, 0.3) is 0 Å². The lowest BCUT2D eigenvalue weighted by molar-refractivity contribution is -0.143. The molecule has 0 aromatic heterocycles. The van der Waals surface area contributed by atoms with Crippen LogP contribution in [-0.4, -0.2) is 19.6 Å². The molecule has 0 spiro atoms. The van der Waals surface area contributed by atoms with Gasteiger partial charge in [-0.2, -0.15) is 0 Å². The third-order valence-corrected chi connectivity index (χ3v) is 2.84. The number of esters is 1. The Balaban J connectivity index is 3.09. The minimum absolute atomic E-state index is 0.384. The fraction of sp³-hybridized carbons (Fsp3) is 0.364. The second kappa shape index (κ2) is 5.96. The molecular formula is C11H13BrFNO2. The van der Waals surface area contributed by atoms with Gasteiger partial charge in [0.15, 0.2) is 0 Å². The number of hydrogen-bond acceptors (Lipinski definition) is 3. The molecule has 0 heterocycles. The number of methoxy groups -OCH3 is 1. The van der Waals surface area contributed by atoms with Crippen molar-refractivity contribution in [2.24, 2.45) is 0 Å². The Morgan fingerprint density at radius 1 is 1.62 bits per heavy atom. The molecule has 88 valence electrons. The van der Waals surface area contributed by atoms with Crippen molar-refractivity contribution in [1.82, 2.24) is 5.32 Å². The molecule has 1 rings (SSSR count). The third kappa shape index (κ3) is 3.02. The molecule has 5 heteroatoms. The third-order valence-electron chi connectivity index (χ3n) is 2.11. The Morgan fingerprint density at radius 3 is 2.88 bits per heavy atom. The lowest BCUT2D eigenvalue weighted by atomic mass is 10.1. The van der Waals surface area contributed by atoms with Crippen LogP contribution in [0.1, 0.15) is 18.5 Å². The summed E-state index contributed by atoms with van der Waals surface area (Å²) in [5.74, 6) is -0.821. The van der Waals surface area contributed by atoms with Crippen molar-refractivity contribution in [3.8, 4) is 0 Å². The minimum atomic E-state index is -0.653. The van der Waals surface area contributed by atoms with E-state index in [1.165, 1.54) is 19.2 Å². The van der Waals surface area contributed by atoms with Gasteiger partial charge in [0.25, 0.3) is 0 Å². The van der Waals surface area contributed by atoms with Gasteiger partial charge in [-0.15, -0.1) is 0 Å². The van der Waals surface area contributed by atoms with E-state index in [0.29, 0.717) is 16.6 Å². The Hall–Kier alpha value is -0.940. The summed E-state index contributed by atoms with van der Waals surface area (Å²) < 4.78 is 18.5. The van der Waals surface area contributed by atoms with E-state index in [4.69, 9.17) is 0 Å². The van der Waals surface area contributed by atoms with Gasteiger partial charge in [0.05, 0.1) is 7.11 Å². The summed E-state index contributed by atoms with van der Waals surface area (Å²) in [6.45, 7) is 2.45. The first-order chi connectivity index (χ1) is 7.60. The Morgan fingerprint density at radius 2 is 2.31 bits per heavy atom. The predicted molar refractivity (Wildman–Crippen MR) is 62.5 cm³/mol. The SMILES string of the molecule is CCNC(C(=O)OC)c1cc(F)ccc1Br. The molecule has 0 bridgehead atoms. The lowest BCUT2D eigenvalue weighted by Crippen LogP contribution is -2.29. The van der Waals surface area contributed by atoms with Gasteiger partial charge in [-0.1, -0.05) is 22.9 Å². The van der Waals surface area contributed by atoms with Crippen LogP contribution in [0.4, 0.5) is 4.39 Å². The van der Waals surface area contributed by atoms with Gasteiger partial charge in [0.1, 0.15) is 11.9 Å². The van der Waals surface area contributed by atoms with E-state index in [0.717, 1.165) is 0 Å². The highest BCUT2D eigenvalue weighted by atomic mass is 79.9. The van der Waals surface area contributed by atoms with Gasteiger partial charge < -0.3 is 10.1 Å². The van der Waals surface area contributed by atoms with Crippen LogP contribution >= 0.6 is 15.9 Å². The van der Waals surface area contributed by atoms with Gasteiger partial charge in [0.2, 0.25) is 0 Å². The van der Waals surface area contributed by atoms with Crippen molar-refractivity contribution in [2.45, 2.75) is 13.0 Å². The van der Waals surface area contributed by atoms with Crippen molar-refractivity contribution in [3.05, 3.63) is 34.1 Å². The largest absolute Gasteiger partial charge is 0.468 e. The fourth-order valence-electron chi connectivity index (χ4n) is 1.38. The zero-order valence-corrected chi connectivity index (χ0v) is 10.7. The summed E-state index contributed by atoms with van der Waals surface area (Å²) in [5, 5.41) is 2.95. The second-order valence-electron chi connectivity index (χ2n) is 3.18. The van der Waals surface area contributed by atoms with Crippen molar-refractivity contribution < 1.29 is 13.9 Å². The summed E-state index contributed by atoms with van der Waals surface area (Å²) in [6, 6.07) is 3.56. The average Bonchev–Trinajstić information content (AvgIpc) is 2.28. The van der Waals surface area contributed by atoms with Gasteiger partial charge in [-0.25, -0.2) is 9.18 Å². The Bertz CT molecular complexity index is 384. The number of likely N-dealkylation sites (N-methyl/N-ethyl adjacent to an activating group) is 1. The average molecular weight is 290 g/mol. The van der Waals surface area contributed by atoms with Gasteiger partial charge in [0, 0.05) is 4.47 Å². The number of halogens is 2. The molecule has 1 unspecified atom stereocenters. The summed E-state index contributed by atoms with van der Waals surface area (Å²) in [6.07, 6.45) is 0. The molecule has 1 atom stereocenters. The summed E-state index contributed by atoms with van der Waals surface area (Å²) in [5.41, 5.74) is 0.536. The molecule has 0 aliphatic heterocycles. The van der Waals surface area contributed by atoms with Crippen molar-refractivity contribution >= 4 is 21.9 Å². The maximum Gasteiger partial charge on any atom is 0.327 e. The molecule has 3 nitrogen and oxygen atoms in total. The molecule has 0 saturated carbocycles. The van der Waals surface area contributed by atoms with Crippen LogP contribution in [-0.2, 0) is 9.53 Å². The number of ether oxygens (including phenoxy) is 1. The molecule has 1 aromatic rings. The zero-order valence-electron chi connectivity index (χ0n) is 9.09. The smallest absolute Gasteiger partial charge is 0.327 e. The van der Waals surface area contributed by atoms with Crippen molar-refractivity contribution in [2.75, 3.05) is 13.7 Å². The first kappa shape index (κ1) is 13.1. The molecule has 0 aliphatic carbocycles. The van der Waals surface area contributed by atoms with Crippen LogP contribution in [0, 0.1) is 5.82 Å². The molecular weight excluding hydrogens is 277 g/mol. The van der Waals surface area contributed by atoms with E-state index in [2.05, 4.69) is 26.0 Å². The van der Waals surface area contributed by atoms with Crippen LogP contribution in [0.5, 0.6) is 0 Å². The molecule has 1 aromatic carbocycles. The van der Waals surface area contributed by atoms with Gasteiger partial charge in [-0.3, -0.25) is 0 Å². The molecule has 0 aliphatic rings. The number of hydrogen-bond donors (Lipinski definition) is 1.